The van der Waals surface area contributed by atoms with Crippen LogP contribution in [0.1, 0.15) is 46.5 Å². The van der Waals surface area contributed by atoms with E-state index in [2.05, 4.69) is 20.8 Å². The summed E-state index contributed by atoms with van der Waals surface area (Å²) in [6.45, 7) is 8.39. The summed E-state index contributed by atoms with van der Waals surface area (Å²) in [5.74, 6) is 0.777. The van der Waals surface area contributed by atoms with Crippen molar-refractivity contribution in [3.8, 4) is 0 Å². The fraction of sp³-hybridized carbons (Fsp3) is 0.909. The summed E-state index contributed by atoms with van der Waals surface area (Å²) in [5, 5.41) is 0. The molecule has 0 N–H and O–H groups in total. The summed E-state index contributed by atoms with van der Waals surface area (Å²) in [7, 11) is 0. The minimum Gasteiger partial charge on any atom is -0.454 e. The van der Waals surface area contributed by atoms with E-state index in [1.165, 1.54) is 12.8 Å². The van der Waals surface area contributed by atoms with Crippen LogP contribution in [0.3, 0.4) is 0 Å². The predicted molar refractivity (Wildman–Crippen MR) is 52.0 cm³/mol. The number of rotatable bonds is 2. The number of ether oxygens (including phenoxy) is 1. The molecular weight excluding hydrogens is 164 g/mol. The SMILES string of the molecule is CC(C)(C)C1CCC(O[C]=O)CC1. The highest BCUT2D eigenvalue weighted by Crippen LogP contribution is 2.38. The fourth-order valence-electron chi connectivity index (χ4n) is 2.11. The molecule has 1 rings (SSSR count). The van der Waals surface area contributed by atoms with Crippen molar-refractivity contribution in [2.24, 2.45) is 11.3 Å². The van der Waals surface area contributed by atoms with Crippen molar-refractivity contribution >= 4 is 6.47 Å². The fourth-order valence-corrected chi connectivity index (χ4v) is 2.11. The number of hydrogen-bond donors (Lipinski definition) is 0. The Hall–Kier alpha value is -0.530. The molecule has 0 aromatic heterocycles. The first-order valence-corrected chi connectivity index (χ1v) is 5.07. The van der Waals surface area contributed by atoms with Gasteiger partial charge in [-0.2, -0.15) is 0 Å². The van der Waals surface area contributed by atoms with Crippen LogP contribution in [-0.2, 0) is 9.53 Å². The summed E-state index contributed by atoms with van der Waals surface area (Å²) in [4.78, 5) is 10.0. The molecule has 1 fully saturated rings. The van der Waals surface area contributed by atoms with Gasteiger partial charge in [-0.1, -0.05) is 20.8 Å². The Bertz CT molecular complexity index is 161. The lowest BCUT2D eigenvalue weighted by atomic mass is 9.72. The van der Waals surface area contributed by atoms with E-state index >= 15 is 0 Å². The van der Waals surface area contributed by atoms with Crippen LogP contribution in [0.5, 0.6) is 0 Å². The largest absolute Gasteiger partial charge is 0.454 e. The Labute approximate surface area is 80.7 Å². The van der Waals surface area contributed by atoms with Crippen molar-refractivity contribution in [1.29, 1.82) is 0 Å². The first-order valence-electron chi connectivity index (χ1n) is 5.07. The molecule has 0 saturated heterocycles. The summed E-state index contributed by atoms with van der Waals surface area (Å²) >= 11 is 0. The van der Waals surface area contributed by atoms with E-state index in [0.717, 1.165) is 18.8 Å². The monoisotopic (exact) mass is 183 g/mol. The van der Waals surface area contributed by atoms with Crippen LogP contribution in [0.4, 0.5) is 0 Å². The maximum atomic E-state index is 10.0. The van der Waals surface area contributed by atoms with Crippen LogP contribution < -0.4 is 0 Å². The van der Waals surface area contributed by atoms with Gasteiger partial charge >= 0.3 is 6.47 Å². The molecule has 1 radical (unpaired) electrons. The zero-order valence-corrected chi connectivity index (χ0v) is 8.80. The molecule has 0 unspecified atom stereocenters. The van der Waals surface area contributed by atoms with E-state index in [0.29, 0.717) is 5.41 Å². The molecule has 1 aliphatic carbocycles. The second-order valence-electron chi connectivity index (χ2n) is 5.04. The van der Waals surface area contributed by atoms with Gasteiger partial charge < -0.3 is 4.74 Å². The molecule has 0 atom stereocenters. The summed E-state index contributed by atoms with van der Waals surface area (Å²) < 4.78 is 4.84. The third kappa shape index (κ3) is 3.02. The molecule has 0 spiro atoms. The highest BCUT2D eigenvalue weighted by molar-refractivity contribution is 5.38. The maximum Gasteiger partial charge on any atom is 0.417 e. The van der Waals surface area contributed by atoms with Crippen molar-refractivity contribution in [3.05, 3.63) is 0 Å². The van der Waals surface area contributed by atoms with Gasteiger partial charge in [0.1, 0.15) is 6.10 Å². The Morgan fingerprint density at radius 3 is 2.08 bits per heavy atom. The van der Waals surface area contributed by atoms with Crippen LogP contribution in [0, 0.1) is 11.3 Å². The van der Waals surface area contributed by atoms with Gasteiger partial charge in [-0.3, -0.25) is 0 Å². The predicted octanol–water partition coefficient (Wildman–Crippen LogP) is 2.68. The summed E-state index contributed by atoms with van der Waals surface area (Å²) in [6, 6.07) is 0. The molecule has 13 heavy (non-hydrogen) atoms. The number of hydrogen-bond acceptors (Lipinski definition) is 2. The van der Waals surface area contributed by atoms with Gasteiger partial charge in [0.15, 0.2) is 0 Å². The standard InChI is InChI=1S/C11H19O2/c1-11(2,3)9-4-6-10(7-5-9)13-8-12/h9-10H,4-7H2,1-3H3. The topological polar surface area (TPSA) is 26.3 Å². The van der Waals surface area contributed by atoms with Gasteiger partial charge in [-0.15, -0.1) is 0 Å². The lowest BCUT2D eigenvalue weighted by Gasteiger charge is -2.36. The zero-order valence-electron chi connectivity index (χ0n) is 8.80. The van der Waals surface area contributed by atoms with E-state index in [1.54, 1.807) is 6.47 Å². The van der Waals surface area contributed by atoms with Gasteiger partial charge in [0, 0.05) is 0 Å². The molecule has 2 heteroatoms. The van der Waals surface area contributed by atoms with Crippen LogP contribution >= 0.6 is 0 Å². The van der Waals surface area contributed by atoms with Crippen molar-refractivity contribution in [2.75, 3.05) is 0 Å². The Balaban J connectivity index is 2.34. The Morgan fingerprint density at radius 2 is 1.69 bits per heavy atom. The third-order valence-electron chi connectivity index (χ3n) is 3.11. The molecule has 0 amide bonds. The minimum atomic E-state index is 0.135. The highest BCUT2D eigenvalue weighted by Gasteiger charge is 2.30. The third-order valence-corrected chi connectivity index (χ3v) is 3.11. The summed E-state index contributed by atoms with van der Waals surface area (Å²) in [5.41, 5.74) is 0.399. The van der Waals surface area contributed by atoms with Crippen molar-refractivity contribution in [2.45, 2.75) is 52.6 Å². The van der Waals surface area contributed by atoms with E-state index in [9.17, 15) is 4.79 Å². The Kier molecular flexibility index (Phi) is 3.34. The lowest BCUT2D eigenvalue weighted by Crippen LogP contribution is -2.28. The van der Waals surface area contributed by atoms with Gasteiger partial charge in [0.05, 0.1) is 0 Å². The molecule has 75 valence electrons. The van der Waals surface area contributed by atoms with E-state index < -0.39 is 0 Å². The average molecular weight is 183 g/mol. The van der Waals surface area contributed by atoms with Gasteiger partial charge in [0.2, 0.25) is 0 Å². The smallest absolute Gasteiger partial charge is 0.417 e. The molecular formula is C11H19O2. The molecule has 1 saturated carbocycles. The molecule has 2 nitrogen and oxygen atoms in total. The van der Waals surface area contributed by atoms with E-state index in [-0.39, 0.29) is 6.10 Å². The molecule has 0 aliphatic heterocycles. The van der Waals surface area contributed by atoms with Crippen molar-refractivity contribution in [1.82, 2.24) is 0 Å². The first kappa shape index (κ1) is 10.6. The van der Waals surface area contributed by atoms with Crippen LogP contribution in [0.15, 0.2) is 0 Å². The quantitative estimate of drug-likeness (QED) is 0.658. The van der Waals surface area contributed by atoms with Crippen LogP contribution in [0.25, 0.3) is 0 Å². The van der Waals surface area contributed by atoms with Crippen LogP contribution in [0.2, 0.25) is 0 Å². The molecule has 0 aromatic rings. The Morgan fingerprint density at radius 1 is 1.15 bits per heavy atom. The van der Waals surface area contributed by atoms with E-state index in [4.69, 9.17) is 4.74 Å². The van der Waals surface area contributed by atoms with Crippen LogP contribution in [-0.4, -0.2) is 12.6 Å². The first-order chi connectivity index (χ1) is 6.04. The van der Waals surface area contributed by atoms with Gasteiger partial charge in [0.25, 0.3) is 0 Å². The average Bonchev–Trinajstić information content (AvgIpc) is 2.04. The molecule has 0 heterocycles. The van der Waals surface area contributed by atoms with Gasteiger partial charge in [-0.05, 0) is 37.0 Å². The highest BCUT2D eigenvalue weighted by atomic mass is 16.5. The molecule has 0 aromatic carbocycles. The minimum absolute atomic E-state index is 0.135. The second-order valence-corrected chi connectivity index (χ2v) is 5.04. The van der Waals surface area contributed by atoms with E-state index in [1.807, 2.05) is 0 Å². The zero-order chi connectivity index (χ0) is 9.90. The molecule has 1 aliphatic rings. The number of carbonyl (C=O) groups excluding carboxylic acids is 1. The lowest BCUT2D eigenvalue weighted by molar-refractivity contribution is 0.0778. The molecule has 0 bridgehead atoms. The maximum absolute atomic E-state index is 10.0. The van der Waals surface area contributed by atoms with Crippen molar-refractivity contribution in [3.63, 3.8) is 0 Å². The van der Waals surface area contributed by atoms with Gasteiger partial charge in [-0.25, -0.2) is 4.79 Å². The van der Waals surface area contributed by atoms with Crippen molar-refractivity contribution < 1.29 is 9.53 Å². The normalized spacial score (nSPS) is 29.8. The summed E-state index contributed by atoms with van der Waals surface area (Å²) in [6.07, 6.45) is 4.51. The second kappa shape index (κ2) is 4.12.